The number of amides is 1. The minimum atomic E-state index is -3.10. The minimum Gasteiger partial charge on any atom is -0.444 e. The van der Waals surface area contributed by atoms with Crippen LogP contribution in [0.25, 0.3) is 0 Å². The number of hydrogen-bond donors (Lipinski definition) is 1. The summed E-state index contributed by atoms with van der Waals surface area (Å²) >= 11 is 0. The lowest BCUT2D eigenvalue weighted by molar-refractivity contribution is 0.0252. The van der Waals surface area contributed by atoms with Gasteiger partial charge in [0.05, 0.1) is 11.0 Å². The van der Waals surface area contributed by atoms with Crippen molar-refractivity contribution < 1.29 is 17.9 Å². The van der Waals surface area contributed by atoms with E-state index in [0.717, 1.165) is 0 Å². The van der Waals surface area contributed by atoms with Crippen LogP contribution in [0.5, 0.6) is 0 Å². The van der Waals surface area contributed by atoms with Gasteiger partial charge in [0, 0.05) is 13.1 Å². The molecule has 1 N–H and O–H groups in total. The summed E-state index contributed by atoms with van der Waals surface area (Å²) in [5, 5.41) is 2.44. The molecule has 1 rings (SSSR count). The number of rotatable bonds is 3. The zero-order valence-corrected chi connectivity index (χ0v) is 12.9. The maximum absolute atomic E-state index is 11.9. The van der Waals surface area contributed by atoms with E-state index in [4.69, 9.17) is 4.74 Å². The van der Waals surface area contributed by atoms with Gasteiger partial charge in [0.2, 0.25) is 0 Å². The maximum atomic E-state index is 11.9. The molecule has 1 amide bonds. The van der Waals surface area contributed by atoms with E-state index in [1.807, 2.05) is 0 Å². The van der Waals surface area contributed by atoms with Crippen LogP contribution in [0.15, 0.2) is 0 Å². The molecule has 0 aliphatic carbocycles. The molecule has 19 heavy (non-hydrogen) atoms. The van der Waals surface area contributed by atoms with Crippen LogP contribution in [0.2, 0.25) is 0 Å². The number of carbonyl (C=O) groups is 1. The molecule has 0 saturated carbocycles. The first kappa shape index (κ1) is 16.2. The van der Waals surface area contributed by atoms with Crippen LogP contribution in [-0.2, 0) is 14.6 Å². The molecule has 0 spiro atoms. The van der Waals surface area contributed by atoms with Crippen LogP contribution in [0.4, 0.5) is 4.79 Å². The number of nitrogens with one attached hydrogen (secondary N) is 1. The Balaban J connectivity index is 2.67. The van der Waals surface area contributed by atoms with Crippen molar-refractivity contribution in [3.63, 3.8) is 0 Å². The Kier molecular flexibility index (Phi) is 5.20. The van der Waals surface area contributed by atoms with Crippen LogP contribution >= 0.6 is 0 Å². The second-order valence-electron chi connectivity index (χ2n) is 5.81. The second kappa shape index (κ2) is 6.09. The van der Waals surface area contributed by atoms with Gasteiger partial charge in [0.25, 0.3) is 0 Å². The number of hydrogen-bond acceptors (Lipinski definition) is 5. The van der Waals surface area contributed by atoms with Gasteiger partial charge in [-0.2, -0.15) is 0 Å². The molecule has 7 heteroatoms. The first-order chi connectivity index (χ1) is 8.65. The van der Waals surface area contributed by atoms with E-state index in [2.05, 4.69) is 5.32 Å². The van der Waals surface area contributed by atoms with E-state index in [1.54, 1.807) is 27.8 Å². The predicted molar refractivity (Wildman–Crippen MR) is 73.9 cm³/mol. The zero-order chi connectivity index (χ0) is 14.7. The standard InChI is InChI=1S/C12H24N2O4S/c1-12(2,3)18-11(15)14-7-8-19(16,17)10(9-14)5-6-13-4/h10,13H,5-9H2,1-4H3. The van der Waals surface area contributed by atoms with Crippen molar-refractivity contribution in [2.24, 2.45) is 0 Å². The molecule has 0 aromatic heterocycles. The molecule has 1 saturated heterocycles. The Morgan fingerprint density at radius 1 is 1.42 bits per heavy atom. The Hall–Kier alpha value is -0.820. The van der Waals surface area contributed by atoms with Crippen LogP contribution in [0, 0.1) is 0 Å². The van der Waals surface area contributed by atoms with Gasteiger partial charge in [-0.3, -0.25) is 0 Å². The number of sulfone groups is 1. The van der Waals surface area contributed by atoms with Crippen molar-refractivity contribution in [3.05, 3.63) is 0 Å². The van der Waals surface area contributed by atoms with Gasteiger partial charge in [-0.05, 0) is 40.8 Å². The van der Waals surface area contributed by atoms with E-state index < -0.39 is 26.8 Å². The lowest BCUT2D eigenvalue weighted by atomic mass is 10.2. The first-order valence-electron chi connectivity index (χ1n) is 6.50. The van der Waals surface area contributed by atoms with Gasteiger partial charge in [0.15, 0.2) is 9.84 Å². The van der Waals surface area contributed by atoms with Crippen molar-refractivity contribution in [1.82, 2.24) is 10.2 Å². The largest absolute Gasteiger partial charge is 0.444 e. The van der Waals surface area contributed by atoms with Crippen molar-refractivity contribution in [2.45, 2.75) is 38.0 Å². The fraction of sp³-hybridized carbons (Fsp3) is 0.917. The summed E-state index contributed by atoms with van der Waals surface area (Å²) in [4.78, 5) is 13.4. The summed E-state index contributed by atoms with van der Waals surface area (Å²) in [6.07, 6.45) is 0.0786. The third-order valence-electron chi connectivity index (χ3n) is 2.95. The smallest absolute Gasteiger partial charge is 0.410 e. The van der Waals surface area contributed by atoms with Crippen LogP contribution < -0.4 is 5.32 Å². The summed E-state index contributed by atoms with van der Waals surface area (Å²) in [5.74, 6) is 0.0145. The number of carbonyl (C=O) groups excluding carboxylic acids is 1. The van der Waals surface area contributed by atoms with E-state index in [-0.39, 0.29) is 18.8 Å². The third-order valence-corrected chi connectivity index (χ3v) is 5.10. The minimum absolute atomic E-state index is 0.0145. The van der Waals surface area contributed by atoms with Crippen LogP contribution in [0.1, 0.15) is 27.2 Å². The van der Waals surface area contributed by atoms with E-state index in [1.165, 1.54) is 4.90 Å². The molecule has 1 atom stereocenters. The molecule has 6 nitrogen and oxygen atoms in total. The molecular formula is C12H24N2O4S. The SMILES string of the molecule is CNCCC1CN(C(=O)OC(C)(C)C)CCS1(=O)=O. The van der Waals surface area contributed by atoms with Gasteiger partial charge in [0.1, 0.15) is 5.60 Å². The molecule has 1 fully saturated rings. The topological polar surface area (TPSA) is 75.7 Å². The van der Waals surface area contributed by atoms with Crippen LogP contribution in [-0.4, -0.2) is 62.7 Å². The fourth-order valence-electron chi connectivity index (χ4n) is 1.92. The molecule has 0 radical (unpaired) electrons. The summed E-state index contributed by atoms with van der Waals surface area (Å²) in [5.41, 5.74) is -0.562. The molecule has 0 aromatic carbocycles. The van der Waals surface area contributed by atoms with Gasteiger partial charge >= 0.3 is 6.09 Å². The Labute approximate surface area is 115 Å². The van der Waals surface area contributed by atoms with Crippen molar-refractivity contribution >= 4 is 15.9 Å². The molecular weight excluding hydrogens is 268 g/mol. The number of ether oxygens (including phenoxy) is 1. The molecule has 1 heterocycles. The lowest BCUT2D eigenvalue weighted by Crippen LogP contribution is -2.51. The van der Waals surface area contributed by atoms with Crippen molar-refractivity contribution in [2.75, 3.05) is 32.4 Å². The Morgan fingerprint density at radius 3 is 2.58 bits per heavy atom. The van der Waals surface area contributed by atoms with Crippen molar-refractivity contribution in [1.29, 1.82) is 0 Å². The highest BCUT2D eigenvalue weighted by atomic mass is 32.2. The van der Waals surface area contributed by atoms with Crippen molar-refractivity contribution in [3.8, 4) is 0 Å². The predicted octanol–water partition coefficient (Wildman–Crippen LogP) is 0.630. The van der Waals surface area contributed by atoms with Gasteiger partial charge < -0.3 is 15.0 Å². The van der Waals surface area contributed by atoms with E-state index >= 15 is 0 Å². The third kappa shape index (κ3) is 4.99. The molecule has 1 aliphatic rings. The van der Waals surface area contributed by atoms with Crippen LogP contribution in [0.3, 0.4) is 0 Å². The maximum Gasteiger partial charge on any atom is 0.410 e. The molecule has 1 aliphatic heterocycles. The Bertz CT molecular complexity index is 414. The zero-order valence-electron chi connectivity index (χ0n) is 12.1. The normalized spacial score (nSPS) is 23.2. The molecule has 0 aromatic rings. The molecule has 1 unspecified atom stereocenters. The average molecular weight is 292 g/mol. The molecule has 0 bridgehead atoms. The second-order valence-corrected chi connectivity index (χ2v) is 8.21. The quantitative estimate of drug-likeness (QED) is 0.825. The van der Waals surface area contributed by atoms with Gasteiger partial charge in [-0.15, -0.1) is 0 Å². The summed E-state index contributed by atoms with van der Waals surface area (Å²) < 4.78 is 29.1. The Morgan fingerprint density at radius 2 is 2.05 bits per heavy atom. The summed E-state index contributed by atoms with van der Waals surface area (Å²) in [7, 11) is -1.32. The summed E-state index contributed by atoms with van der Waals surface area (Å²) in [6, 6.07) is 0. The molecule has 112 valence electrons. The van der Waals surface area contributed by atoms with Gasteiger partial charge in [-0.25, -0.2) is 13.2 Å². The number of nitrogens with zero attached hydrogens (tertiary/aromatic N) is 1. The first-order valence-corrected chi connectivity index (χ1v) is 8.21. The highest BCUT2D eigenvalue weighted by molar-refractivity contribution is 7.92. The van der Waals surface area contributed by atoms with E-state index in [0.29, 0.717) is 13.0 Å². The fourth-order valence-corrected chi connectivity index (χ4v) is 3.62. The lowest BCUT2D eigenvalue weighted by Gasteiger charge is -2.34. The van der Waals surface area contributed by atoms with Gasteiger partial charge in [-0.1, -0.05) is 0 Å². The average Bonchev–Trinajstić information content (AvgIpc) is 2.24. The monoisotopic (exact) mass is 292 g/mol. The highest BCUT2D eigenvalue weighted by Crippen LogP contribution is 2.18. The highest BCUT2D eigenvalue weighted by Gasteiger charge is 2.35. The summed E-state index contributed by atoms with van der Waals surface area (Å²) in [6.45, 7) is 6.44. The van der Waals surface area contributed by atoms with E-state index in [9.17, 15) is 13.2 Å².